The first-order chi connectivity index (χ1) is 3.41. The molecule has 0 aromatic carbocycles. The van der Waals surface area contributed by atoms with Gasteiger partial charge < -0.3 is 5.73 Å². The molecule has 0 aliphatic heterocycles. The van der Waals surface area contributed by atoms with E-state index in [0.717, 1.165) is 18.1 Å². The smallest absolute Gasteiger partial charge is 0.0111 e. The zero-order valence-corrected chi connectivity index (χ0v) is 6.43. The third-order valence-electron chi connectivity index (χ3n) is 0.498. The van der Waals surface area contributed by atoms with E-state index in [1.807, 2.05) is 17.8 Å². The molecular formula is C5H12ClNS. The van der Waals surface area contributed by atoms with E-state index in [2.05, 4.69) is 6.58 Å². The Bertz CT molecular complexity index is 49.7. The van der Waals surface area contributed by atoms with Gasteiger partial charge in [-0.3, -0.25) is 0 Å². The lowest BCUT2D eigenvalue weighted by Crippen LogP contribution is -2.00. The molecule has 0 unspecified atom stereocenters. The second kappa shape index (κ2) is 10.3. The molecule has 50 valence electrons. The summed E-state index contributed by atoms with van der Waals surface area (Å²) in [4.78, 5) is 0. The van der Waals surface area contributed by atoms with Crippen LogP contribution in [0.25, 0.3) is 0 Å². The van der Waals surface area contributed by atoms with Gasteiger partial charge in [-0.2, -0.15) is 11.8 Å². The zero-order chi connectivity index (χ0) is 5.54. The van der Waals surface area contributed by atoms with Crippen LogP contribution in [0.2, 0.25) is 0 Å². The lowest BCUT2D eigenvalue weighted by Gasteiger charge is -1.88. The number of rotatable bonds is 4. The van der Waals surface area contributed by atoms with Gasteiger partial charge in [-0.05, 0) is 0 Å². The van der Waals surface area contributed by atoms with Crippen molar-refractivity contribution in [2.45, 2.75) is 0 Å². The van der Waals surface area contributed by atoms with Crippen LogP contribution in [0.4, 0.5) is 0 Å². The molecule has 3 heteroatoms. The maximum atomic E-state index is 5.21. The standard InChI is InChI=1S/C5H11NS.ClH/c1-2-4-7-5-3-6;/h2H,1,3-6H2;1H. The average Bonchev–Trinajstić information content (AvgIpc) is 1.69. The van der Waals surface area contributed by atoms with E-state index >= 15 is 0 Å². The number of thioether (sulfide) groups is 1. The lowest BCUT2D eigenvalue weighted by atomic mass is 10.8. The SMILES string of the molecule is C=CCSCCN.Cl. The van der Waals surface area contributed by atoms with Crippen LogP contribution < -0.4 is 5.73 Å². The fraction of sp³-hybridized carbons (Fsp3) is 0.600. The Labute approximate surface area is 61.1 Å². The summed E-state index contributed by atoms with van der Waals surface area (Å²) in [6.45, 7) is 4.35. The molecule has 0 saturated carbocycles. The molecule has 0 aliphatic carbocycles. The van der Waals surface area contributed by atoms with E-state index in [1.165, 1.54) is 0 Å². The van der Waals surface area contributed by atoms with E-state index in [1.54, 1.807) is 0 Å². The Kier molecular flexibility index (Phi) is 14.5. The number of nitrogens with two attached hydrogens (primary N) is 1. The molecule has 0 aliphatic rings. The van der Waals surface area contributed by atoms with Crippen LogP contribution in [0.5, 0.6) is 0 Å². The minimum absolute atomic E-state index is 0. The monoisotopic (exact) mass is 153 g/mol. The molecule has 0 saturated heterocycles. The van der Waals surface area contributed by atoms with Gasteiger partial charge in [-0.15, -0.1) is 19.0 Å². The van der Waals surface area contributed by atoms with Gasteiger partial charge in [0.05, 0.1) is 0 Å². The summed E-state index contributed by atoms with van der Waals surface area (Å²) in [5.41, 5.74) is 5.21. The normalized spacial score (nSPS) is 7.62. The summed E-state index contributed by atoms with van der Waals surface area (Å²) in [5.74, 6) is 2.07. The maximum absolute atomic E-state index is 5.21. The first-order valence-corrected chi connectivity index (χ1v) is 3.46. The molecule has 0 fully saturated rings. The molecule has 0 spiro atoms. The lowest BCUT2D eigenvalue weighted by molar-refractivity contribution is 1.15. The topological polar surface area (TPSA) is 26.0 Å². The first kappa shape index (κ1) is 11.2. The molecule has 8 heavy (non-hydrogen) atoms. The van der Waals surface area contributed by atoms with Gasteiger partial charge in [0.2, 0.25) is 0 Å². The third-order valence-corrected chi connectivity index (χ3v) is 1.49. The van der Waals surface area contributed by atoms with Gasteiger partial charge >= 0.3 is 0 Å². The summed E-state index contributed by atoms with van der Waals surface area (Å²) in [6.07, 6.45) is 1.89. The first-order valence-electron chi connectivity index (χ1n) is 2.30. The van der Waals surface area contributed by atoms with Crippen molar-refractivity contribution in [2.75, 3.05) is 18.1 Å². The fourth-order valence-electron chi connectivity index (χ4n) is 0.250. The van der Waals surface area contributed by atoms with Crippen LogP contribution in [0.1, 0.15) is 0 Å². The highest BCUT2D eigenvalue weighted by molar-refractivity contribution is 7.99. The van der Waals surface area contributed by atoms with Crippen molar-refractivity contribution in [1.29, 1.82) is 0 Å². The minimum atomic E-state index is 0. The van der Waals surface area contributed by atoms with Crippen LogP contribution in [0, 0.1) is 0 Å². The van der Waals surface area contributed by atoms with Crippen molar-refractivity contribution in [3.8, 4) is 0 Å². The second-order valence-corrected chi connectivity index (χ2v) is 2.30. The Hall–Kier alpha value is 0.340. The Balaban J connectivity index is 0. The van der Waals surface area contributed by atoms with Crippen LogP contribution in [0.3, 0.4) is 0 Å². The Morgan fingerprint density at radius 3 is 2.62 bits per heavy atom. The number of halogens is 1. The van der Waals surface area contributed by atoms with Gasteiger partial charge in [0.15, 0.2) is 0 Å². The average molecular weight is 154 g/mol. The third kappa shape index (κ3) is 9.60. The molecule has 2 N–H and O–H groups in total. The molecule has 0 amide bonds. The van der Waals surface area contributed by atoms with Crippen molar-refractivity contribution in [2.24, 2.45) is 5.73 Å². The largest absolute Gasteiger partial charge is 0.330 e. The van der Waals surface area contributed by atoms with Gasteiger partial charge in [-0.1, -0.05) is 6.08 Å². The van der Waals surface area contributed by atoms with Crippen LogP contribution in [0.15, 0.2) is 12.7 Å². The minimum Gasteiger partial charge on any atom is -0.330 e. The molecule has 0 bridgehead atoms. The van der Waals surface area contributed by atoms with Crippen LogP contribution >= 0.6 is 24.2 Å². The molecule has 0 atom stereocenters. The van der Waals surface area contributed by atoms with Crippen molar-refractivity contribution < 1.29 is 0 Å². The summed E-state index contributed by atoms with van der Waals surface area (Å²) < 4.78 is 0. The maximum Gasteiger partial charge on any atom is 0.0111 e. The van der Waals surface area contributed by atoms with Crippen LogP contribution in [-0.2, 0) is 0 Å². The molecule has 0 rings (SSSR count). The number of hydrogen-bond acceptors (Lipinski definition) is 2. The second-order valence-electron chi connectivity index (χ2n) is 1.15. The van der Waals surface area contributed by atoms with E-state index in [9.17, 15) is 0 Å². The van der Waals surface area contributed by atoms with E-state index < -0.39 is 0 Å². The molecule has 1 nitrogen and oxygen atoms in total. The van der Waals surface area contributed by atoms with Gasteiger partial charge in [0.1, 0.15) is 0 Å². The van der Waals surface area contributed by atoms with Crippen molar-refractivity contribution in [3.05, 3.63) is 12.7 Å². The van der Waals surface area contributed by atoms with Crippen molar-refractivity contribution >= 4 is 24.2 Å². The fourth-order valence-corrected chi connectivity index (χ4v) is 0.750. The van der Waals surface area contributed by atoms with Gasteiger partial charge in [0.25, 0.3) is 0 Å². The van der Waals surface area contributed by atoms with E-state index in [4.69, 9.17) is 5.73 Å². The summed E-state index contributed by atoms with van der Waals surface area (Å²) in [6, 6.07) is 0. The van der Waals surface area contributed by atoms with Crippen molar-refractivity contribution in [1.82, 2.24) is 0 Å². The van der Waals surface area contributed by atoms with E-state index in [0.29, 0.717) is 0 Å². The predicted octanol–water partition coefficient (Wildman–Crippen LogP) is 1.29. The highest BCUT2D eigenvalue weighted by Gasteiger charge is 1.77. The van der Waals surface area contributed by atoms with Gasteiger partial charge in [-0.25, -0.2) is 0 Å². The summed E-state index contributed by atoms with van der Waals surface area (Å²) >= 11 is 1.81. The molecule has 0 aromatic heterocycles. The summed E-state index contributed by atoms with van der Waals surface area (Å²) in [5, 5.41) is 0. The number of hydrogen-bond donors (Lipinski definition) is 1. The zero-order valence-electron chi connectivity index (χ0n) is 4.80. The molecular weight excluding hydrogens is 142 g/mol. The Morgan fingerprint density at radius 1 is 1.62 bits per heavy atom. The highest BCUT2D eigenvalue weighted by Crippen LogP contribution is 1.95. The molecule has 0 heterocycles. The van der Waals surface area contributed by atoms with Crippen molar-refractivity contribution in [3.63, 3.8) is 0 Å². The Morgan fingerprint density at radius 2 is 2.25 bits per heavy atom. The molecule has 0 aromatic rings. The predicted molar refractivity (Wildman–Crippen MR) is 43.8 cm³/mol. The molecule has 0 radical (unpaired) electrons. The highest BCUT2D eigenvalue weighted by atomic mass is 35.5. The van der Waals surface area contributed by atoms with Gasteiger partial charge in [0, 0.05) is 18.1 Å². The summed E-state index contributed by atoms with van der Waals surface area (Å²) in [7, 11) is 0. The quantitative estimate of drug-likeness (QED) is 0.487. The van der Waals surface area contributed by atoms with E-state index in [-0.39, 0.29) is 12.4 Å². The van der Waals surface area contributed by atoms with Crippen LogP contribution in [-0.4, -0.2) is 18.1 Å².